The fraction of sp³-hybridized carbons (Fsp3) is 0.360. The highest BCUT2D eigenvalue weighted by Crippen LogP contribution is 2.43. The molecular formula is C25H24Cl2N2O5. The lowest BCUT2D eigenvalue weighted by Crippen LogP contribution is -2.34. The molecule has 2 aromatic carbocycles. The third-order valence-corrected chi connectivity index (χ3v) is 7.43. The number of anilines is 2. The van der Waals surface area contributed by atoms with E-state index in [1.54, 1.807) is 12.1 Å². The number of nitrogens with one attached hydrogen (secondary N) is 1. The monoisotopic (exact) mass is 502 g/mol. The molecule has 2 aliphatic rings. The first-order valence-electron chi connectivity index (χ1n) is 11.0. The van der Waals surface area contributed by atoms with Gasteiger partial charge in [0.15, 0.2) is 6.61 Å². The highest BCUT2D eigenvalue weighted by atomic mass is 35.5. The van der Waals surface area contributed by atoms with E-state index in [1.807, 2.05) is 32.0 Å². The van der Waals surface area contributed by atoms with Gasteiger partial charge in [-0.05, 0) is 56.0 Å². The molecule has 0 radical (unpaired) electrons. The summed E-state index contributed by atoms with van der Waals surface area (Å²) in [6.07, 6.45) is 0.664. The van der Waals surface area contributed by atoms with Gasteiger partial charge < -0.3 is 10.1 Å². The molecule has 4 atom stereocenters. The van der Waals surface area contributed by atoms with E-state index in [0.717, 1.165) is 16.0 Å². The van der Waals surface area contributed by atoms with Crippen LogP contribution in [0.2, 0.25) is 0 Å². The molecule has 1 saturated carbocycles. The van der Waals surface area contributed by atoms with Gasteiger partial charge >= 0.3 is 5.97 Å². The van der Waals surface area contributed by atoms with Crippen molar-refractivity contribution in [1.82, 2.24) is 0 Å². The Hall–Kier alpha value is -2.90. The Morgan fingerprint density at radius 2 is 1.53 bits per heavy atom. The summed E-state index contributed by atoms with van der Waals surface area (Å²) >= 11 is 12.5. The van der Waals surface area contributed by atoms with Gasteiger partial charge in [-0.1, -0.05) is 24.3 Å². The molecule has 0 bridgehead atoms. The quantitative estimate of drug-likeness (QED) is 0.375. The fourth-order valence-corrected chi connectivity index (χ4v) is 5.11. The van der Waals surface area contributed by atoms with Crippen molar-refractivity contribution in [1.29, 1.82) is 0 Å². The molecule has 1 saturated heterocycles. The predicted molar refractivity (Wildman–Crippen MR) is 129 cm³/mol. The van der Waals surface area contributed by atoms with E-state index in [2.05, 4.69) is 5.32 Å². The molecular weight excluding hydrogens is 479 g/mol. The second-order valence-electron chi connectivity index (χ2n) is 8.67. The van der Waals surface area contributed by atoms with Crippen LogP contribution in [0, 0.1) is 25.7 Å². The molecule has 4 rings (SSSR count). The van der Waals surface area contributed by atoms with Gasteiger partial charge in [0.2, 0.25) is 11.8 Å². The summed E-state index contributed by atoms with van der Waals surface area (Å²) in [6.45, 7) is 3.27. The number of nitrogens with zero attached hydrogens (tertiary/aromatic N) is 1. The van der Waals surface area contributed by atoms with Crippen molar-refractivity contribution >= 4 is 58.3 Å². The molecule has 1 N–H and O–H groups in total. The van der Waals surface area contributed by atoms with Gasteiger partial charge in [0.05, 0.1) is 33.8 Å². The summed E-state index contributed by atoms with van der Waals surface area (Å²) in [5.41, 5.74) is 2.87. The molecule has 1 aliphatic heterocycles. The Morgan fingerprint density at radius 1 is 0.971 bits per heavy atom. The van der Waals surface area contributed by atoms with Gasteiger partial charge in [-0.3, -0.25) is 19.3 Å². The van der Waals surface area contributed by atoms with Gasteiger partial charge in [-0.25, -0.2) is 4.79 Å². The van der Waals surface area contributed by atoms with Crippen molar-refractivity contribution in [3.05, 3.63) is 59.2 Å². The van der Waals surface area contributed by atoms with Crippen LogP contribution < -0.4 is 10.2 Å². The summed E-state index contributed by atoms with van der Waals surface area (Å²) in [6, 6.07) is 11.7. The number of benzene rings is 2. The molecule has 1 aliphatic carbocycles. The number of halogens is 2. The molecule has 1 heterocycles. The topological polar surface area (TPSA) is 92.8 Å². The average Bonchev–Trinajstić information content (AvgIpc) is 3.04. The van der Waals surface area contributed by atoms with Crippen molar-refractivity contribution < 1.29 is 23.9 Å². The number of aryl methyl sites for hydroxylation is 2. The maximum Gasteiger partial charge on any atom is 0.338 e. The zero-order valence-corrected chi connectivity index (χ0v) is 20.2. The lowest BCUT2D eigenvalue weighted by Gasteiger charge is -2.28. The van der Waals surface area contributed by atoms with Crippen LogP contribution in [0.3, 0.4) is 0 Å². The van der Waals surface area contributed by atoms with Gasteiger partial charge in [0, 0.05) is 5.69 Å². The average molecular weight is 503 g/mol. The number of para-hydroxylation sites is 1. The molecule has 2 aromatic rings. The minimum Gasteiger partial charge on any atom is -0.452 e. The smallest absolute Gasteiger partial charge is 0.338 e. The van der Waals surface area contributed by atoms with Gasteiger partial charge in [-0.2, -0.15) is 0 Å². The molecule has 7 nitrogen and oxygen atoms in total. The Balaban J connectivity index is 1.43. The lowest BCUT2D eigenvalue weighted by atomic mass is 9.80. The SMILES string of the molecule is Cc1cccc(C)c1NC(=O)COC(=O)c1cccc(N2C(=O)[C@H]3C[C@@H](Cl)[C@@H](Cl)C[C@H]3C2=O)c1. The summed E-state index contributed by atoms with van der Waals surface area (Å²) in [7, 11) is 0. The van der Waals surface area contributed by atoms with Crippen LogP contribution in [-0.4, -0.2) is 41.1 Å². The second kappa shape index (κ2) is 9.76. The standard InChI is InChI=1S/C25H24Cl2N2O5/c1-13-5-3-6-14(2)22(13)28-21(30)12-34-25(33)15-7-4-8-16(9-15)29-23(31)17-10-19(26)20(27)11-18(17)24(29)32/h3-9,17-20H,10-12H2,1-2H3,(H,28,30)/t17-,18+,19+,20-. The van der Waals surface area contributed by atoms with Crippen molar-refractivity contribution in [3.63, 3.8) is 0 Å². The first-order chi connectivity index (χ1) is 16.2. The van der Waals surface area contributed by atoms with Crippen LogP contribution in [0.25, 0.3) is 0 Å². The molecule has 0 unspecified atom stereocenters. The van der Waals surface area contributed by atoms with Crippen molar-refractivity contribution in [2.24, 2.45) is 11.8 Å². The van der Waals surface area contributed by atoms with Crippen molar-refractivity contribution in [2.45, 2.75) is 37.4 Å². The zero-order valence-electron chi connectivity index (χ0n) is 18.7. The van der Waals surface area contributed by atoms with E-state index in [4.69, 9.17) is 27.9 Å². The number of fused-ring (bicyclic) bond motifs is 1. The third-order valence-electron chi connectivity index (χ3n) is 6.33. The number of hydrogen-bond donors (Lipinski definition) is 1. The maximum atomic E-state index is 13.0. The first-order valence-corrected chi connectivity index (χ1v) is 11.8. The van der Waals surface area contributed by atoms with Crippen LogP contribution in [0.15, 0.2) is 42.5 Å². The molecule has 178 valence electrons. The van der Waals surface area contributed by atoms with Gasteiger partial charge in [0.25, 0.3) is 5.91 Å². The summed E-state index contributed by atoms with van der Waals surface area (Å²) in [5.74, 6) is -2.94. The largest absolute Gasteiger partial charge is 0.452 e. The summed E-state index contributed by atoms with van der Waals surface area (Å²) < 4.78 is 5.16. The zero-order chi connectivity index (χ0) is 24.6. The Labute approximate surface area is 207 Å². The third kappa shape index (κ3) is 4.68. The lowest BCUT2D eigenvalue weighted by molar-refractivity contribution is -0.122. The van der Waals surface area contributed by atoms with Crippen LogP contribution >= 0.6 is 23.2 Å². The normalized spacial score (nSPS) is 24.1. The van der Waals surface area contributed by atoms with E-state index in [9.17, 15) is 19.2 Å². The number of ether oxygens (including phenoxy) is 1. The number of rotatable bonds is 5. The molecule has 9 heteroatoms. The van der Waals surface area contributed by atoms with Crippen LogP contribution in [0.4, 0.5) is 11.4 Å². The van der Waals surface area contributed by atoms with E-state index < -0.39 is 30.3 Å². The predicted octanol–water partition coefficient (Wildman–Crippen LogP) is 4.21. The van der Waals surface area contributed by atoms with E-state index in [-0.39, 0.29) is 33.8 Å². The minimum absolute atomic E-state index is 0.123. The second-order valence-corrected chi connectivity index (χ2v) is 9.79. The first kappa shape index (κ1) is 24.2. The summed E-state index contributed by atoms with van der Waals surface area (Å²) in [5, 5.41) is 2.00. The van der Waals surface area contributed by atoms with Gasteiger partial charge in [-0.15, -0.1) is 23.2 Å². The fourth-order valence-electron chi connectivity index (χ4n) is 4.52. The molecule has 34 heavy (non-hydrogen) atoms. The number of imide groups is 1. The molecule has 0 aromatic heterocycles. The molecule has 2 fully saturated rings. The number of amides is 3. The van der Waals surface area contributed by atoms with Crippen LogP contribution in [0.1, 0.15) is 34.3 Å². The summed E-state index contributed by atoms with van der Waals surface area (Å²) in [4.78, 5) is 51.9. The number of carbonyl (C=O) groups excluding carboxylic acids is 4. The number of carbonyl (C=O) groups is 4. The van der Waals surface area contributed by atoms with Gasteiger partial charge in [0.1, 0.15) is 0 Å². The maximum absolute atomic E-state index is 13.0. The van der Waals surface area contributed by atoms with E-state index in [1.165, 1.54) is 12.1 Å². The Bertz CT molecular complexity index is 1120. The molecule has 0 spiro atoms. The molecule has 3 amide bonds. The highest BCUT2D eigenvalue weighted by Gasteiger charge is 2.52. The van der Waals surface area contributed by atoms with Crippen LogP contribution in [-0.2, 0) is 19.1 Å². The van der Waals surface area contributed by atoms with Crippen LogP contribution in [0.5, 0.6) is 0 Å². The van der Waals surface area contributed by atoms with E-state index in [0.29, 0.717) is 18.5 Å². The Kier molecular flexibility index (Phi) is 6.96. The minimum atomic E-state index is -0.739. The van der Waals surface area contributed by atoms with Crippen molar-refractivity contribution in [2.75, 3.05) is 16.8 Å². The number of hydrogen-bond acceptors (Lipinski definition) is 5. The van der Waals surface area contributed by atoms with E-state index >= 15 is 0 Å². The number of esters is 1. The number of alkyl halides is 2. The highest BCUT2D eigenvalue weighted by molar-refractivity contribution is 6.31. The van der Waals surface area contributed by atoms with Crippen molar-refractivity contribution in [3.8, 4) is 0 Å². The Morgan fingerprint density at radius 3 is 2.12 bits per heavy atom.